The van der Waals surface area contributed by atoms with E-state index in [1.807, 2.05) is 23.1 Å². The quantitative estimate of drug-likeness (QED) is 0.587. The number of piperazine rings is 1. The standard InChI is InChI=1S/C24H25N5O3S/c1-27-12-14-28(15-13-27)24-22(16-25)26-23(32-24)19-6-8-21(9-7-19)33(30,31)29-11-10-18-4-2-3-5-20(18)17-29/h2-9H,10-15,17H2,1H3. The summed E-state index contributed by atoms with van der Waals surface area (Å²) in [6.07, 6.45) is 0.704. The number of rotatable bonds is 4. The summed E-state index contributed by atoms with van der Waals surface area (Å²) < 4.78 is 33.9. The van der Waals surface area contributed by atoms with Crippen LogP contribution >= 0.6 is 0 Å². The first-order valence-electron chi connectivity index (χ1n) is 11.0. The summed E-state index contributed by atoms with van der Waals surface area (Å²) >= 11 is 0. The molecule has 0 bridgehead atoms. The second-order valence-electron chi connectivity index (χ2n) is 8.46. The summed E-state index contributed by atoms with van der Waals surface area (Å²) in [5.41, 5.74) is 3.13. The van der Waals surface area contributed by atoms with Gasteiger partial charge in [0.25, 0.3) is 0 Å². The average Bonchev–Trinajstić information content (AvgIpc) is 3.29. The first-order valence-corrected chi connectivity index (χ1v) is 12.4. The van der Waals surface area contributed by atoms with Gasteiger partial charge in [0.2, 0.25) is 27.5 Å². The highest BCUT2D eigenvalue weighted by Gasteiger charge is 2.29. The van der Waals surface area contributed by atoms with E-state index in [1.165, 1.54) is 9.87 Å². The zero-order valence-corrected chi connectivity index (χ0v) is 19.3. The smallest absolute Gasteiger partial charge is 0.243 e. The Bertz CT molecular complexity index is 1300. The van der Waals surface area contributed by atoms with Crippen molar-refractivity contribution in [1.29, 1.82) is 5.26 Å². The van der Waals surface area contributed by atoms with Crippen LogP contribution in [0.4, 0.5) is 5.88 Å². The van der Waals surface area contributed by atoms with Gasteiger partial charge in [-0.05, 0) is 48.9 Å². The van der Waals surface area contributed by atoms with Gasteiger partial charge in [-0.15, -0.1) is 0 Å². The lowest BCUT2D eigenvalue weighted by atomic mass is 10.0. The molecular formula is C24H25N5O3S. The van der Waals surface area contributed by atoms with E-state index >= 15 is 0 Å². The predicted octanol–water partition coefficient (Wildman–Crippen LogP) is 2.71. The van der Waals surface area contributed by atoms with Gasteiger partial charge in [-0.2, -0.15) is 14.6 Å². The Morgan fingerprint density at radius 1 is 0.970 bits per heavy atom. The maximum absolute atomic E-state index is 13.2. The van der Waals surface area contributed by atoms with Crippen LogP contribution in [0, 0.1) is 11.3 Å². The van der Waals surface area contributed by atoms with Gasteiger partial charge < -0.3 is 14.2 Å². The number of oxazole rings is 1. The Morgan fingerprint density at radius 2 is 1.67 bits per heavy atom. The summed E-state index contributed by atoms with van der Waals surface area (Å²) in [5, 5.41) is 9.53. The molecule has 0 spiro atoms. The molecular weight excluding hydrogens is 438 g/mol. The number of benzene rings is 2. The van der Waals surface area contributed by atoms with Crippen LogP contribution in [-0.2, 0) is 23.0 Å². The fourth-order valence-corrected chi connectivity index (χ4v) is 5.74. The molecule has 3 heterocycles. The van der Waals surface area contributed by atoms with Crippen molar-refractivity contribution in [2.24, 2.45) is 0 Å². The SMILES string of the molecule is CN1CCN(c2oc(-c3ccc(S(=O)(=O)N4CCc5ccccc5C4)cc3)nc2C#N)CC1. The van der Waals surface area contributed by atoms with Gasteiger partial charge in [0, 0.05) is 44.8 Å². The third-order valence-electron chi connectivity index (χ3n) is 6.34. The monoisotopic (exact) mass is 463 g/mol. The highest BCUT2D eigenvalue weighted by Crippen LogP contribution is 2.30. The minimum atomic E-state index is -3.62. The third-order valence-corrected chi connectivity index (χ3v) is 8.20. The van der Waals surface area contributed by atoms with Crippen LogP contribution in [0.1, 0.15) is 16.8 Å². The largest absolute Gasteiger partial charge is 0.419 e. The maximum Gasteiger partial charge on any atom is 0.243 e. The second-order valence-corrected chi connectivity index (χ2v) is 10.4. The molecule has 0 atom stereocenters. The van der Waals surface area contributed by atoms with Gasteiger partial charge in [0.15, 0.2) is 0 Å². The zero-order valence-electron chi connectivity index (χ0n) is 18.4. The first kappa shape index (κ1) is 21.6. The summed E-state index contributed by atoms with van der Waals surface area (Å²) in [5.74, 6) is 0.792. The lowest BCUT2D eigenvalue weighted by Gasteiger charge is -2.31. The summed E-state index contributed by atoms with van der Waals surface area (Å²) in [4.78, 5) is 8.84. The molecule has 2 aromatic carbocycles. The number of sulfonamides is 1. The van der Waals surface area contributed by atoms with Crippen LogP contribution < -0.4 is 4.90 Å². The van der Waals surface area contributed by atoms with E-state index in [-0.39, 0.29) is 10.6 Å². The Morgan fingerprint density at radius 3 is 2.36 bits per heavy atom. The van der Waals surface area contributed by atoms with Gasteiger partial charge in [0.1, 0.15) is 6.07 Å². The van der Waals surface area contributed by atoms with E-state index in [0.717, 1.165) is 31.7 Å². The van der Waals surface area contributed by atoms with Crippen molar-refractivity contribution in [3.8, 4) is 17.5 Å². The van der Waals surface area contributed by atoms with Gasteiger partial charge in [0.05, 0.1) is 4.90 Å². The van der Waals surface area contributed by atoms with Gasteiger partial charge in [-0.25, -0.2) is 8.42 Å². The maximum atomic E-state index is 13.2. The number of hydrogen-bond acceptors (Lipinski definition) is 7. The lowest BCUT2D eigenvalue weighted by Crippen LogP contribution is -2.44. The third kappa shape index (κ3) is 4.13. The van der Waals surface area contributed by atoms with E-state index < -0.39 is 10.0 Å². The molecule has 170 valence electrons. The number of nitriles is 1. The molecule has 0 N–H and O–H groups in total. The first-order chi connectivity index (χ1) is 16.0. The van der Waals surface area contributed by atoms with Crippen molar-refractivity contribution in [3.05, 3.63) is 65.4 Å². The molecule has 0 saturated carbocycles. The molecule has 2 aliphatic rings. The summed E-state index contributed by atoms with van der Waals surface area (Å²) in [6, 6.07) is 16.6. The fraction of sp³-hybridized carbons (Fsp3) is 0.333. The molecule has 8 nitrogen and oxygen atoms in total. The van der Waals surface area contributed by atoms with Crippen LogP contribution in [0.2, 0.25) is 0 Å². The van der Waals surface area contributed by atoms with Crippen molar-refractivity contribution < 1.29 is 12.8 Å². The van der Waals surface area contributed by atoms with E-state index in [9.17, 15) is 13.7 Å². The van der Waals surface area contributed by atoms with Gasteiger partial charge in [-0.3, -0.25) is 0 Å². The molecule has 2 aliphatic heterocycles. The Hall–Kier alpha value is -3.19. The van der Waals surface area contributed by atoms with Crippen LogP contribution in [0.5, 0.6) is 0 Å². The zero-order chi connectivity index (χ0) is 23.0. The molecule has 3 aromatic rings. The highest BCUT2D eigenvalue weighted by molar-refractivity contribution is 7.89. The number of likely N-dealkylation sites (N-methyl/N-ethyl adjacent to an activating group) is 1. The van der Waals surface area contributed by atoms with Crippen LogP contribution in [0.3, 0.4) is 0 Å². The second kappa shape index (κ2) is 8.63. The molecule has 33 heavy (non-hydrogen) atoms. The summed E-state index contributed by atoms with van der Waals surface area (Å²) in [7, 11) is -1.55. The Kier molecular flexibility index (Phi) is 5.66. The van der Waals surface area contributed by atoms with Crippen molar-refractivity contribution >= 4 is 15.9 Å². The number of nitrogens with zero attached hydrogens (tertiary/aromatic N) is 5. The molecule has 0 aliphatic carbocycles. The molecule has 9 heteroatoms. The highest BCUT2D eigenvalue weighted by atomic mass is 32.2. The van der Waals surface area contributed by atoms with E-state index in [0.29, 0.717) is 36.8 Å². The molecule has 0 amide bonds. The molecule has 1 fully saturated rings. The van der Waals surface area contributed by atoms with Crippen LogP contribution in [0.25, 0.3) is 11.5 Å². The van der Waals surface area contributed by atoms with Crippen molar-refractivity contribution in [2.75, 3.05) is 44.7 Å². The Balaban J connectivity index is 1.37. The van der Waals surface area contributed by atoms with E-state index in [1.54, 1.807) is 24.3 Å². The van der Waals surface area contributed by atoms with Crippen molar-refractivity contribution in [2.45, 2.75) is 17.9 Å². The molecule has 1 saturated heterocycles. The minimum absolute atomic E-state index is 0.233. The number of aromatic nitrogens is 1. The van der Waals surface area contributed by atoms with E-state index in [4.69, 9.17) is 4.42 Å². The number of hydrogen-bond donors (Lipinski definition) is 0. The van der Waals surface area contributed by atoms with Crippen LogP contribution in [0.15, 0.2) is 57.8 Å². The average molecular weight is 464 g/mol. The number of anilines is 1. The lowest BCUT2D eigenvalue weighted by molar-refractivity contribution is 0.306. The summed E-state index contributed by atoms with van der Waals surface area (Å²) in [6.45, 7) is 4.12. The molecule has 0 unspecified atom stereocenters. The molecule has 0 radical (unpaired) electrons. The molecule has 1 aromatic heterocycles. The Labute approximate surface area is 193 Å². The fourth-order valence-electron chi connectivity index (χ4n) is 4.33. The van der Waals surface area contributed by atoms with Crippen molar-refractivity contribution in [3.63, 3.8) is 0 Å². The normalized spacial score (nSPS) is 17.5. The molecule has 5 rings (SSSR count). The minimum Gasteiger partial charge on any atom is -0.419 e. The van der Waals surface area contributed by atoms with Gasteiger partial charge >= 0.3 is 0 Å². The van der Waals surface area contributed by atoms with Crippen LogP contribution in [-0.4, -0.2) is 62.4 Å². The van der Waals surface area contributed by atoms with Crippen molar-refractivity contribution in [1.82, 2.24) is 14.2 Å². The topological polar surface area (TPSA) is 93.7 Å². The van der Waals surface area contributed by atoms with Gasteiger partial charge in [-0.1, -0.05) is 24.3 Å². The van der Waals surface area contributed by atoms with E-state index in [2.05, 4.69) is 29.1 Å². The number of fused-ring (bicyclic) bond motifs is 1. The predicted molar refractivity (Wildman–Crippen MR) is 124 cm³/mol.